The van der Waals surface area contributed by atoms with Gasteiger partial charge in [0.05, 0.1) is 6.10 Å². The van der Waals surface area contributed by atoms with Gasteiger partial charge in [0.25, 0.3) is 0 Å². The first kappa shape index (κ1) is 15.9. The zero-order valence-corrected chi connectivity index (χ0v) is 13.8. The summed E-state index contributed by atoms with van der Waals surface area (Å²) >= 11 is 7.81. The van der Waals surface area contributed by atoms with E-state index in [0.717, 1.165) is 11.4 Å². The molecular formula is C13H18ClNO3S2. The Hall–Kier alpha value is -0.430. The van der Waals surface area contributed by atoms with Crippen LogP contribution in [0.2, 0.25) is 5.02 Å². The highest BCUT2D eigenvalue weighted by molar-refractivity contribution is 8.01. The van der Waals surface area contributed by atoms with Gasteiger partial charge in [-0.15, -0.1) is 0 Å². The second kappa shape index (κ2) is 6.13. The molecule has 1 fully saturated rings. The molecule has 0 aliphatic carbocycles. The monoisotopic (exact) mass is 335 g/mol. The summed E-state index contributed by atoms with van der Waals surface area (Å²) in [5.74, 6) is 1.45. The second-order valence-corrected chi connectivity index (χ2v) is 8.69. The number of hydrogen-bond acceptors (Lipinski definition) is 5. The third-order valence-corrected chi connectivity index (χ3v) is 6.32. The molecular weight excluding hydrogens is 318 g/mol. The first-order chi connectivity index (χ1) is 9.30. The molecule has 1 saturated heterocycles. The van der Waals surface area contributed by atoms with Crippen molar-refractivity contribution in [3.63, 3.8) is 0 Å². The summed E-state index contributed by atoms with van der Waals surface area (Å²) in [5, 5.41) is 9.53. The van der Waals surface area contributed by atoms with Crippen LogP contribution in [0, 0.1) is 0 Å². The maximum atomic E-state index is 11.9. The molecule has 112 valence electrons. The van der Waals surface area contributed by atoms with E-state index < -0.39 is 21.3 Å². The highest BCUT2D eigenvalue weighted by Gasteiger charge is 2.31. The lowest BCUT2D eigenvalue weighted by Crippen LogP contribution is -2.47. The van der Waals surface area contributed by atoms with Crippen molar-refractivity contribution in [1.29, 1.82) is 0 Å². The number of thioether (sulfide) groups is 1. The molecule has 7 heteroatoms. The van der Waals surface area contributed by atoms with Gasteiger partial charge >= 0.3 is 0 Å². The van der Waals surface area contributed by atoms with E-state index in [-0.39, 0.29) is 0 Å². The minimum Gasteiger partial charge on any atom is -0.389 e. The molecule has 0 bridgehead atoms. The second-order valence-electron chi connectivity index (χ2n) is 4.93. The number of nitrogens with zero attached hydrogens (tertiary/aromatic N) is 1. The Morgan fingerprint density at radius 1 is 1.50 bits per heavy atom. The largest absolute Gasteiger partial charge is 0.389 e. The Labute approximate surface area is 129 Å². The van der Waals surface area contributed by atoms with Crippen LogP contribution in [0.4, 0.5) is 5.69 Å². The van der Waals surface area contributed by atoms with Gasteiger partial charge in [-0.1, -0.05) is 17.7 Å². The molecule has 2 atom stereocenters. The summed E-state index contributed by atoms with van der Waals surface area (Å²) in [6.45, 7) is 2.32. The van der Waals surface area contributed by atoms with Crippen LogP contribution in [0.15, 0.2) is 18.2 Å². The molecule has 1 N–H and O–H groups in total. The molecule has 1 aromatic carbocycles. The maximum absolute atomic E-state index is 11.9. The zero-order valence-electron chi connectivity index (χ0n) is 11.4. The van der Waals surface area contributed by atoms with E-state index in [1.54, 1.807) is 30.8 Å². The van der Waals surface area contributed by atoms with Crippen LogP contribution in [0.25, 0.3) is 0 Å². The zero-order chi connectivity index (χ0) is 14.9. The van der Waals surface area contributed by atoms with Crippen molar-refractivity contribution in [2.75, 3.05) is 29.2 Å². The lowest BCUT2D eigenvalue weighted by molar-refractivity contribution is 0.199. The van der Waals surface area contributed by atoms with Crippen LogP contribution in [0.5, 0.6) is 0 Å². The molecule has 0 aromatic heterocycles. The number of anilines is 1. The van der Waals surface area contributed by atoms with E-state index in [1.165, 1.54) is 6.26 Å². The van der Waals surface area contributed by atoms with Gasteiger partial charge in [0.15, 0.2) is 9.84 Å². The number of hydrogen-bond donors (Lipinski definition) is 1. The fraction of sp³-hybridized carbons (Fsp3) is 0.538. The van der Waals surface area contributed by atoms with Gasteiger partial charge < -0.3 is 10.0 Å². The third kappa shape index (κ3) is 3.42. The first-order valence-electron chi connectivity index (χ1n) is 6.31. The third-order valence-electron chi connectivity index (χ3n) is 3.34. The summed E-state index contributed by atoms with van der Waals surface area (Å²) in [6.07, 6.45) is 0.627. The van der Waals surface area contributed by atoms with E-state index in [4.69, 9.17) is 11.6 Å². The molecule has 2 unspecified atom stereocenters. The quantitative estimate of drug-likeness (QED) is 0.918. The Bertz CT molecular complexity index is 589. The lowest BCUT2D eigenvalue weighted by atomic mass is 10.1. The van der Waals surface area contributed by atoms with E-state index >= 15 is 0 Å². The van der Waals surface area contributed by atoms with Crippen LogP contribution < -0.4 is 4.90 Å². The van der Waals surface area contributed by atoms with Crippen molar-refractivity contribution in [3.05, 3.63) is 28.8 Å². The Kier molecular flexibility index (Phi) is 4.89. The number of halogens is 1. The predicted molar refractivity (Wildman–Crippen MR) is 85.4 cm³/mol. The summed E-state index contributed by atoms with van der Waals surface area (Å²) in [6, 6.07) is 5.31. The molecule has 1 aliphatic rings. The average Bonchev–Trinajstić information content (AvgIpc) is 2.37. The number of sulfone groups is 1. The molecule has 1 heterocycles. The summed E-state index contributed by atoms with van der Waals surface area (Å²) in [5.41, 5.74) is 1.44. The van der Waals surface area contributed by atoms with Crippen LogP contribution in [0.1, 0.15) is 18.6 Å². The van der Waals surface area contributed by atoms with Crippen molar-refractivity contribution in [2.24, 2.45) is 0 Å². The van der Waals surface area contributed by atoms with Gasteiger partial charge in [-0.3, -0.25) is 0 Å². The Morgan fingerprint density at radius 3 is 2.75 bits per heavy atom. The van der Waals surface area contributed by atoms with Crippen molar-refractivity contribution in [2.45, 2.75) is 18.4 Å². The molecule has 0 saturated carbocycles. The van der Waals surface area contributed by atoms with Gasteiger partial charge in [-0.2, -0.15) is 11.8 Å². The van der Waals surface area contributed by atoms with Crippen molar-refractivity contribution < 1.29 is 13.5 Å². The van der Waals surface area contributed by atoms with Crippen LogP contribution >= 0.6 is 23.4 Å². The van der Waals surface area contributed by atoms with Crippen molar-refractivity contribution in [3.8, 4) is 0 Å². The minimum atomic E-state index is -3.15. The van der Waals surface area contributed by atoms with Gasteiger partial charge in [-0.05, 0) is 24.6 Å². The molecule has 1 aliphatic heterocycles. The standard InChI is InChI=1S/C13H18ClNO3S2/c1-9(16)11-4-3-10(7-12(11)14)15-5-6-19-8-13(15)20(2,17)18/h3-4,7,9,13,16H,5-6,8H2,1-2H3. The molecule has 0 amide bonds. The van der Waals surface area contributed by atoms with E-state index in [1.807, 2.05) is 11.0 Å². The molecule has 2 rings (SSSR count). The highest BCUT2D eigenvalue weighted by atomic mass is 35.5. The first-order valence-corrected chi connectivity index (χ1v) is 9.80. The van der Waals surface area contributed by atoms with Gasteiger partial charge in [-0.25, -0.2) is 8.42 Å². The number of aliphatic hydroxyl groups excluding tert-OH is 1. The molecule has 20 heavy (non-hydrogen) atoms. The topological polar surface area (TPSA) is 57.6 Å². The molecule has 0 radical (unpaired) electrons. The van der Waals surface area contributed by atoms with Gasteiger partial charge in [0.2, 0.25) is 0 Å². The van der Waals surface area contributed by atoms with Gasteiger partial charge in [0.1, 0.15) is 5.37 Å². The van der Waals surface area contributed by atoms with Crippen molar-refractivity contribution >= 4 is 38.9 Å². The van der Waals surface area contributed by atoms with Crippen molar-refractivity contribution in [1.82, 2.24) is 0 Å². The molecule has 4 nitrogen and oxygen atoms in total. The molecule has 0 spiro atoms. The normalized spacial score (nSPS) is 21.8. The van der Waals surface area contributed by atoms with Gasteiger partial charge in [0, 0.05) is 35.0 Å². The summed E-state index contributed by atoms with van der Waals surface area (Å²) in [7, 11) is -3.15. The molecule has 1 aromatic rings. The fourth-order valence-corrected chi connectivity index (χ4v) is 5.44. The SMILES string of the molecule is CC(O)c1ccc(N2CCSCC2S(C)(=O)=O)cc1Cl. The van der Waals surface area contributed by atoms with E-state index in [2.05, 4.69) is 0 Å². The van der Waals surface area contributed by atoms with E-state index in [9.17, 15) is 13.5 Å². The summed E-state index contributed by atoms with van der Waals surface area (Å²) in [4.78, 5) is 1.88. The van der Waals surface area contributed by atoms with Crippen LogP contribution in [-0.4, -0.2) is 43.2 Å². The predicted octanol–water partition coefficient (Wildman–Crippen LogP) is 2.32. The summed E-state index contributed by atoms with van der Waals surface area (Å²) < 4.78 is 23.8. The maximum Gasteiger partial charge on any atom is 0.169 e. The highest BCUT2D eigenvalue weighted by Crippen LogP contribution is 2.32. The number of aliphatic hydroxyl groups is 1. The van der Waals surface area contributed by atoms with E-state index in [0.29, 0.717) is 22.9 Å². The lowest BCUT2D eigenvalue weighted by Gasteiger charge is -2.36. The average molecular weight is 336 g/mol. The smallest absolute Gasteiger partial charge is 0.169 e. The Morgan fingerprint density at radius 2 is 2.20 bits per heavy atom. The van der Waals surface area contributed by atoms with Crippen LogP contribution in [0.3, 0.4) is 0 Å². The number of benzene rings is 1. The minimum absolute atomic E-state index is 0.461. The number of rotatable bonds is 3. The Balaban J connectivity index is 2.36. The van der Waals surface area contributed by atoms with Crippen LogP contribution in [-0.2, 0) is 9.84 Å². The fourth-order valence-electron chi connectivity index (χ4n) is 2.26.